The molecule has 1 aliphatic carbocycles. The number of allylic oxidation sites excluding steroid dienone is 1. The fourth-order valence-corrected chi connectivity index (χ4v) is 6.37. The van der Waals surface area contributed by atoms with E-state index in [1.807, 2.05) is 32.0 Å². The molecule has 1 fully saturated rings. The molecule has 180 valence electrons. The molecule has 7 nitrogen and oxygen atoms in total. The van der Waals surface area contributed by atoms with Crippen molar-refractivity contribution in [3.63, 3.8) is 0 Å². The Labute approximate surface area is 205 Å². The normalized spacial score (nSPS) is 19.4. The van der Waals surface area contributed by atoms with Crippen molar-refractivity contribution in [2.45, 2.75) is 51.0 Å². The number of ether oxygens (including phenoxy) is 1. The van der Waals surface area contributed by atoms with Gasteiger partial charge in [-0.1, -0.05) is 42.5 Å². The molecule has 0 saturated heterocycles. The van der Waals surface area contributed by atoms with Crippen LogP contribution >= 0.6 is 7.72 Å². The van der Waals surface area contributed by atoms with Gasteiger partial charge in [0.15, 0.2) is 16.8 Å². The van der Waals surface area contributed by atoms with E-state index in [2.05, 4.69) is 34.2 Å². The Kier molecular flexibility index (Phi) is 6.18. The predicted molar refractivity (Wildman–Crippen MR) is 141 cm³/mol. The Hall–Kier alpha value is -3.12. The van der Waals surface area contributed by atoms with E-state index in [9.17, 15) is 9.79 Å². The van der Waals surface area contributed by atoms with E-state index in [0.717, 1.165) is 42.5 Å². The average Bonchev–Trinajstić information content (AvgIpc) is 2.84. The number of nitrogens with zero attached hydrogens (tertiary/aromatic N) is 3. The fourth-order valence-electron chi connectivity index (χ4n) is 4.84. The molecule has 1 saturated carbocycles. The van der Waals surface area contributed by atoms with Gasteiger partial charge in [0.25, 0.3) is 0 Å². The zero-order chi connectivity index (χ0) is 24.6. The summed E-state index contributed by atoms with van der Waals surface area (Å²) >= 11 is 0. The summed E-state index contributed by atoms with van der Waals surface area (Å²) in [5, 5.41) is 0.596. The number of aromatic nitrogens is 2. The first-order chi connectivity index (χ1) is 16.7. The number of benzene rings is 2. The summed E-state index contributed by atoms with van der Waals surface area (Å²) in [6, 6.07) is 17.6. The van der Waals surface area contributed by atoms with Gasteiger partial charge < -0.3 is 10.5 Å². The molecule has 1 aromatic heterocycles. The van der Waals surface area contributed by atoms with Crippen LogP contribution in [0.3, 0.4) is 0 Å². The maximum atomic E-state index is 10.6. The van der Waals surface area contributed by atoms with Gasteiger partial charge in [-0.15, -0.1) is 0 Å². The maximum Gasteiger partial charge on any atom is 0.325 e. The molecule has 2 heterocycles. The van der Waals surface area contributed by atoms with E-state index in [4.69, 9.17) is 15.5 Å². The SMILES string of the molecule is CC1(C)Oc2ncnc(N)c2N=C1c1ccc(C2CCC(=C[P+](O)(O)c3ccccc3)CC2)cc1. The van der Waals surface area contributed by atoms with E-state index in [1.165, 1.54) is 11.9 Å². The van der Waals surface area contributed by atoms with E-state index >= 15 is 0 Å². The minimum absolute atomic E-state index is 0.301. The lowest BCUT2D eigenvalue weighted by molar-refractivity contribution is 0.171. The van der Waals surface area contributed by atoms with Crippen LogP contribution in [0.4, 0.5) is 11.5 Å². The first-order valence-corrected chi connectivity index (χ1v) is 13.6. The van der Waals surface area contributed by atoms with Crippen molar-refractivity contribution in [2.24, 2.45) is 4.99 Å². The van der Waals surface area contributed by atoms with Gasteiger partial charge >= 0.3 is 7.72 Å². The van der Waals surface area contributed by atoms with Gasteiger partial charge in [-0.2, -0.15) is 4.98 Å². The number of fused-ring (bicyclic) bond motifs is 1. The molecule has 1 aliphatic heterocycles. The van der Waals surface area contributed by atoms with Crippen LogP contribution in [0.15, 0.2) is 77.3 Å². The summed E-state index contributed by atoms with van der Waals surface area (Å²) in [6.07, 6.45) is 5.08. The highest BCUT2D eigenvalue weighted by Crippen LogP contribution is 2.53. The lowest BCUT2D eigenvalue weighted by Crippen LogP contribution is -2.41. The third kappa shape index (κ3) is 4.85. The van der Waals surface area contributed by atoms with Crippen molar-refractivity contribution in [1.82, 2.24) is 9.97 Å². The van der Waals surface area contributed by atoms with Crippen LogP contribution in [0.25, 0.3) is 0 Å². The highest BCUT2D eigenvalue weighted by Gasteiger charge is 2.36. The lowest BCUT2D eigenvalue weighted by atomic mass is 9.81. The molecule has 8 heteroatoms. The topological polar surface area (TPSA) is 114 Å². The summed E-state index contributed by atoms with van der Waals surface area (Å²) in [7, 11) is -3.22. The second-order valence-electron chi connectivity index (χ2n) is 9.65. The second-order valence-corrected chi connectivity index (χ2v) is 11.7. The van der Waals surface area contributed by atoms with Crippen molar-refractivity contribution < 1.29 is 14.5 Å². The molecular weight excluding hydrogens is 459 g/mol. The van der Waals surface area contributed by atoms with Crippen molar-refractivity contribution in [1.29, 1.82) is 0 Å². The van der Waals surface area contributed by atoms with E-state index in [-0.39, 0.29) is 0 Å². The molecule has 3 aromatic rings. The van der Waals surface area contributed by atoms with Gasteiger partial charge in [-0.05, 0) is 68.7 Å². The molecule has 35 heavy (non-hydrogen) atoms. The van der Waals surface area contributed by atoms with Gasteiger partial charge in [0.05, 0.1) is 5.71 Å². The molecule has 2 aromatic carbocycles. The van der Waals surface area contributed by atoms with Gasteiger partial charge in [-0.25, -0.2) is 19.8 Å². The largest absolute Gasteiger partial charge is 0.463 e. The van der Waals surface area contributed by atoms with Crippen LogP contribution in [0.2, 0.25) is 0 Å². The Morgan fingerprint density at radius 1 is 1.00 bits per heavy atom. The number of nitrogen functional groups attached to an aromatic ring is 1. The number of nitrogens with two attached hydrogens (primary N) is 1. The van der Waals surface area contributed by atoms with Crippen LogP contribution in [0, 0.1) is 0 Å². The minimum Gasteiger partial charge on any atom is -0.463 e. The smallest absolute Gasteiger partial charge is 0.325 e. The van der Waals surface area contributed by atoms with Crippen molar-refractivity contribution in [3.8, 4) is 5.88 Å². The monoisotopic (exact) mass is 489 g/mol. The van der Waals surface area contributed by atoms with Gasteiger partial charge in [0.1, 0.15) is 17.7 Å². The summed E-state index contributed by atoms with van der Waals surface area (Å²) in [4.78, 5) is 34.3. The highest BCUT2D eigenvalue weighted by molar-refractivity contribution is 7.75. The predicted octanol–water partition coefficient (Wildman–Crippen LogP) is 5.05. The first kappa shape index (κ1) is 23.6. The Balaban J connectivity index is 1.30. The third-order valence-corrected chi connectivity index (χ3v) is 8.53. The van der Waals surface area contributed by atoms with Gasteiger partial charge in [-0.3, -0.25) is 0 Å². The molecule has 0 unspecified atom stereocenters. The summed E-state index contributed by atoms with van der Waals surface area (Å²) in [5.41, 5.74) is 10.0. The summed E-state index contributed by atoms with van der Waals surface area (Å²) < 4.78 is 6.09. The van der Waals surface area contributed by atoms with E-state index in [1.54, 1.807) is 17.9 Å². The van der Waals surface area contributed by atoms with Crippen molar-refractivity contribution >= 4 is 30.2 Å². The Bertz CT molecular complexity index is 1280. The Morgan fingerprint density at radius 2 is 1.69 bits per heavy atom. The molecule has 0 amide bonds. The van der Waals surface area contributed by atoms with Crippen molar-refractivity contribution in [3.05, 3.63) is 83.4 Å². The van der Waals surface area contributed by atoms with E-state index < -0.39 is 13.3 Å². The molecule has 4 N–H and O–H groups in total. The molecular formula is C27H30N4O3P+. The molecule has 0 spiro atoms. The van der Waals surface area contributed by atoms with Crippen molar-refractivity contribution in [2.75, 3.05) is 5.73 Å². The summed E-state index contributed by atoms with van der Waals surface area (Å²) in [5.74, 6) is 2.86. The minimum atomic E-state index is -3.22. The maximum absolute atomic E-state index is 10.6. The average molecular weight is 490 g/mol. The van der Waals surface area contributed by atoms with Crippen LogP contribution in [-0.2, 0) is 0 Å². The number of aliphatic imine (C=N–C) groups is 1. The molecule has 0 radical (unpaired) electrons. The quantitative estimate of drug-likeness (QED) is 0.442. The molecule has 5 rings (SSSR count). The molecule has 0 bridgehead atoms. The number of rotatable bonds is 4. The van der Waals surface area contributed by atoms with Crippen LogP contribution < -0.4 is 15.8 Å². The summed E-state index contributed by atoms with van der Waals surface area (Å²) in [6.45, 7) is 3.94. The molecule has 0 atom stereocenters. The standard InChI is InChI=1S/C27H30N4O3P/c1-27(2)24(31-23-25(28)29-17-30-26(23)34-27)21-14-12-20(13-15-21)19-10-8-18(9-11-19)16-35(32,33)22-6-4-3-5-7-22/h3-7,12-17,19,32-33H,8-11H2,1-2H3,(H2,28,29,30)/q+1. The van der Waals surface area contributed by atoms with E-state index in [0.29, 0.717) is 28.6 Å². The number of hydrogen-bond acceptors (Lipinski definition) is 7. The lowest BCUT2D eigenvalue weighted by Gasteiger charge is -2.32. The molecule has 2 aliphatic rings. The van der Waals surface area contributed by atoms with Gasteiger partial charge in [0, 0.05) is 5.56 Å². The van der Waals surface area contributed by atoms with Crippen LogP contribution in [-0.4, -0.2) is 31.1 Å². The highest BCUT2D eigenvalue weighted by atomic mass is 31.2. The second kappa shape index (κ2) is 9.15. The zero-order valence-corrected chi connectivity index (χ0v) is 20.8. The van der Waals surface area contributed by atoms with Crippen LogP contribution in [0.1, 0.15) is 56.6 Å². The third-order valence-electron chi connectivity index (χ3n) is 6.74. The number of anilines is 1. The van der Waals surface area contributed by atoms with Crippen LogP contribution in [0.5, 0.6) is 5.88 Å². The fraction of sp³-hybridized carbons (Fsp3) is 0.296. The number of hydrogen-bond donors (Lipinski definition) is 3. The zero-order valence-electron chi connectivity index (χ0n) is 19.9. The Morgan fingerprint density at radius 3 is 2.37 bits per heavy atom. The van der Waals surface area contributed by atoms with Gasteiger partial charge in [0.2, 0.25) is 5.88 Å². The first-order valence-electron chi connectivity index (χ1n) is 11.8.